The molecule has 0 radical (unpaired) electrons. The van der Waals surface area contributed by atoms with E-state index in [-0.39, 0.29) is 5.91 Å². The van der Waals surface area contributed by atoms with Crippen LogP contribution in [0, 0.1) is 0 Å². The summed E-state index contributed by atoms with van der Waals surface area (Å²) >= 11 is 1.58. The van der Waals surface area contributed by atoms with Gasteiger partial charge in [0.2, 0.25) is 0 Å². The van der Waals surface area contributed by atoms with Gasteiger partial charge in [-0.2, -0.15) is 0 Å². The highest BCUT2D eigenvalue weighted by molar-refractivity contribution is 7.26. The Labute approximate surface area is 176 Å². The van der Waals surface area contributed by atoms with E-state index in [1.165, 1.54) is 6.33 Å². The second kappa shape index (κ2) is 7.53. The van der Waals surface area contributed by atoms with E-state index in [0.717, 1.165) is 37.0 Å². The molecule has 2 aromatic carbocycles. The number of rotatable bonds is 4. The van der Waals surface area contributed by atoms with Gasteiger partial charge in [-0.3, -0.25) is 9.78 Å². The zero-order chi connectivity index (χ0) is 20.5. The number of nitrogens with one attached hydrogen (secondary N) is 1. The summed E-state index contributed by atoms with van der Waals surface area (Å²) in [6.07, 6.45) is 4.95. The molecule has 5 aromatic rings. The topological polar surface area (TPSA) is 93.8 Å². The van der Waals surface area contributed by atoms with Crippen LogP contribution in [0.25, 0.3) is 31.4 Å². The monoisotopic (exact) mass is 411 g/mol. The number of nitrogens with zero attached hydrogens (tertiary/aromatic N) is 3. The summed E-state index contributed by atoms with van der Waals surface area (Å²) in [7, 11) is 0. The van der Waals surface area contributed by atoms with Crippen molar-refractivity contribution < 1.29 is 4.79 Å². The molecule has 3 aromatic heterocycles. The van der Waals surface area contributed by atoms with E-state index in [2.05, 4.69) is 26.3 Å². The fourth-order valence-corrected chi connectivity index (χ4v) is 4.50. The van der Waals surface area contributed by atoms with Gasteiger partial charge in [-0.25, -0.2) is 9.97 Å². The largest absolute Gasteiger partial charge is 0.382 e. The van der Waals surface area contributed by atoms with Crippen molar-refractivity contribution >= 4 is 43.4 Å². The summed E-state index contributed by atoms with van der Waals surface area (Å²) in [5, 5.41) is 4.00. The number of fused-ring (bicyclic) bond motifs is 3. The maximum atomic E-state index is 12.6. The van der Waals surface area contributed by atoms with Crippen LogP contribution in [-0.2, 0) is 6.54 Å². The number of benzene rings is 2. The number of nitrogen functional groups attached to an aromatic ring is 1. The highest BCUT2D eigenvalue weighted by Gasteiger charge is 2.12. The second-order valence-electron chi connectivity index (χ2n) is 6.87. The molecule has 0 saturated carbocycles. The van der Waals surface area contributed by atoms with Crippen LogP contribution in [0.1, 0.15) is 15.9 Å². The van der Waals surface area contributed by atoms with E-state index < -0.39 is 0 Å². The molecule has 0 unspecified atom stereocenters. The minimum Gasteiger partial charge on any atom is -0.382 e. The second-order valence-corrected chi connectivity index (χ2v) is 7.93. The van der Waals surface area contributed by atoms with Crippen LogP contribution < -0.4 is 11.1 Å². The molecule has 0 aliphatic carbocycles. The highest BCUT2D eigenvalue weighted by Crippen LogP contribution is 2.37. The molecule has 0 bridgehead atoms. The molecule has 6 nitrogen and oxygen atoms in total. The fourth-order valence-electron chi connectivity index (χ4n) is 3.40. The summed E-state index contributed by atoms with van der Waals surface area (Å²) < 4.78 is 1.98. The lowest BCUT2D eigenvalue weighted by Gasteiger charge is -2.08. The minimum atomic E-state index is -0.119. The molecule has 0 aliphatic rings. The molecule has 0 fully saturated rings. The first-order chi connectivity index (χ1) is 14.7. The van der Waals surface area contributed by atoms with Gasteiger partial charge in [0.1, 0.15) is 12.1 Å². The van der Waals surface area contributed by atoms with E-state index in [0.29, 0.717) is 17.9 Å². The quantitative estimate of drug-likeness (QED) is 0.457. The summed E-state index contributed by atoms with van der Waals surface area (Å²) in [6, 6.07) is 17.6. The Morgan fingerprint density at radius 1 is 1.03 bits per heavy atom. The fraction of sp³-hybridized carbons (Fsp3) is 0.0435. The molecular formula is C23H17N5OS. The van der Waals surface area contributed by atoms with E-state index in [4.69, 9.17) is 5.73 Å². The van der Waals surface area contributed by atoms with Crippen LogP contribution in [-0.4, -0.2) is 20.9 Å². The molecule has 3 N–H and O–H groups in total. The Morgan fingerprint density at radius 3 is 2.80 bits per heavy atom. The van der Waals surface area contributed by atoms with Gasteiger partial charge in [0.25, 0.3) is 5.91 Å². The maximum Gasteiger partial charge on any atom is 0.251 e. The summed E-state index contributed by atoms with van der Waals surface area (Å²) in [4.78, 5) is 25.1. The highest BCUT2D eigenvalue weighted by atomic mass is 32.1. The van der Waals surface area contributed by atoms with Crippen LogP contribution in [0.5, 0.6) is 0 Å². The standard InChI is InChI=1S/C23H17N5OS/c24-22-21-20(27-13-28-22)18-7-6-16(10-19(18)30-21)15-4-1-5-17(9-15)23(29)26-12-14-3-2-8-25-11-14/h1-11,13H,12H2,(H,26,29)(H2,24,27,28). The molecule has 1 amide bonds. The minimum absolute atomic E-state index is 0.119. The molecule has 0 spiro atoms. The van der Waals surface area contributed by atoms with Gasteiger partial charge >= 0.3 is 0 Å². The van der Waals surface area contributed by atoms with Gasteiger partial charge in [-0.15, -0.1) is 11.3 Å². The van der Waals surface area contributed by atoms with Crippen LogP contribution in [0.15, 0.2) is 73.3 Å². The number of thiophene rings is 1. The number of hydrogen-bond acceptors (Lipinski definition) is 6. The molecule has 0 aliphatic heterocycles. The van der Waals surface area contributed by atoms with Gasteiger partial charge < -0.3 is 11.1 Å². The zero-order valence-electron chi connectivity index (χ0n) is 15.9. The van der Waals surface area contributed by atoms with Gasteiger partial charge in [0.05, 0.1) is 10.2 Å². The van der Waals surface area contributed by atoms with Crippen LogP contribution in [0.4, 0.5) is 5.82 Å². The maximum absolute atomic E-state index is 12.6. The molecule has 146 valence electrons. The van der Waals surface area contributed by atoms with Crippen LogP contribution in [0.3, 0.4) is 0 Å². The first-order valence-electron chi connectivity index (χ1n) is 9.39. The molecule has 30 heavy (non-hydrogen) atoms. The van der Waals surface area contributed by atoms with Crippen molar-refractivity contribution in [1.29, 1.82) is 0 Å². The average Bonchev–Trinajstić information content (AvgIpc) is 3.17. The molecular weight excluding hydrogens is 394 g/mol. The lowest BCUT2D eigenvalue weighted by Crippen LogP contribution is -2.22. The normalized spacial score (nSPS) is 11.1. The summed E-state index contributed by atoms with van der Waals surface area (Å²) in [5.74, 6) is 0.377. The number of anilines is 1. The average molecular weight is 411 g/mol. The smallest absolute Gasteiger partial charge is 0.251 e. The van der Waals surface area contributed by atoms with Crippen LogP contribution >= 0.6 is 11.3 Å². The Morgan fingerprint density at radius 2 is 1.93 bits per heavy atom. The van der Waals surface area contributed by atoms with Crippen molar-refractivity contribution in [2.75, 3.05) is 5.73 Å². The number of pyridine rings is 1. The van der Waals surface area contributed by atoms with Crippen molar-refractivity contribution in [1.82, 2.24) is 20.3 Å². The SMILES string of the molecule is Nc1ncnc2c1sc1cc(-c3cccc(C(=O)NCc4cccnc4)c3)ccc12. The van der Waals surface area contributed by atoms with E-state index in [9.17, 15) is 4.79 Å². The Hall–Kier alpha value is -3.84. The number of hydrogen-bond donors (Lipinski definition) is 2. The van der Waals surface area contributed by atoms with Gasteiger partial charge in [0, 0.05) is 34.6 Å². The molecule has 0 saturated heterocycles. The Kier molecular flexibility index (Phi) is 4.57. The third kappa shape index (κ3) is 3.35. The van der Waals surface area contributed by atoms with E-state index in [1.54, 1.807) is 23.7 Å². The van der Waals surface area contributed by atoms with Crippen molar-refractivity contribution in [2.45, 2.75) is 6.54 Å². The predicted molar refractivity (Wildman–Crippen MR) is 120 cm³/mol. The van der Waals surface area contributed by atoms with Crippen LogP contribution in [0.2, 0.25) is 0 Å². The van der Waals surface area contributed by atoms with Crippen molar-refractivity contribution in [3.8, 4) is 11.1 Å². The number of aromatic nitrogens is 3. The summed E-state index contributed by atoms with van der Waals surface area (Å²) in [5.41, 5.74) is 10.5. The molecule has 7 heteroatoms. The lowest BCUT2D eigenvalue weighted by molar-refractivity contribution is 0.0951. The van der Waals surface area contributed by atoms with Crippen molar-refractivity contribution in [2.24, 2.45) is 0 Å². The van der Waals surface area contributed by atoms with Gasteiger partial charge in [0.15, 0.2) is 0 Å². The van der Waals surface area contributed by atoms with Gasteiger partial charge in [-0.1, -0.05) is 30.3 Å². The molecule has 5 rings (SSSR count). The third-order valence-electron chi connectivity index (χ3n) is 4.91. The van der Waals surface area contributed by atoms with Gasteiger partial charge in [-0.05, 0) is 41.0 Å². The van der Waals surface area contributed by atoms with E-state index in [1.807, 2.05) is 48.5 Å². The lowest BCUT2D eigenvalue weighted by atomic mass is 10.0. The summed E-state index contributed by atoms with van der Waals surface area (Å²) in [6.45, 7) is 0.438. The third-order valence-corrected chi connectivity index (χ3v) is 6.08. The number of carbonyl (C=O) groups excluding carboxylic acids is 1. The number of amides is 1. The Balaban J connectivity index is 1.44. The van der Waals surface area contributed by atoms with Crippen molar-refractivity contribution in [3.05, 3.63) is 84.4 Å². The molecule has 0 atom stereocenters. The number of nitrogens with two attached hydrogens (primary N) is 1. The zero-order valence-corrected chi connectivity index (χ0v) is 16.7. The Bertz CT molecular complexity index is 1380. The van der Waals surface area contributed by atoms with E-state index >= 15 is 0 Å². The first-order valence-corrected chi connectivity index (χ1v) is 10.2. The van der Waals surface area contributed by atoms with Crippen molar-refractivity contribution in [3.63, 3.8) is 0 Å². The first kappa shape index (κ1) is 18.2. The molecule has 3 heterocycles. The number of carbonyl (C=O) groups is 1. The predicted octanol–water partition coefficient (Wildman–Crippen LogP) is 4.42.